The molecule has 7 rings (SSSR count). The molecule has 1 aromatic heterocycles. The third-order valence-electron chi connectivity index (χ3n) is 8.92. The number of fused-ring (bicyclic) bond motifs is 2. The number of benzene rings is 6. The van der Waals surface area contributed by atoms with Gasteiger partial charge in [0.1, 0.15) is 5.82 Å². The lowest BCUT2D eigenvalue weighted by Crippen LogP contribution is -2.09. The number of rotatable bonds is 7. The minimum absolute atomic E-state index is 0.00885. The van der Waals surface area contributed by atoms with Gasteiger partial charge in [-0.3, -0.25) is 4.57 Å². The highest BCUT2D eigenvalue weighted by molar-refractivity contribution is 5.98. The van der Waals surface area contributed by atoms with Crippen LogP contribution in [-0.4, -0.2) is 9.55 Å². The molecule has 0 fully saturated rings. The molecule has 0 bridgehead atoms. The topological polar surface area (TPSA) is 17.8 Å². The maximum atomic E-state index is 14.1. The van der Waals surface area contributed by atoms with Crippen LogP contribution in [0.4, 0.5) is 8.78 Å². The first-order valence-corrected chi connectivity index (χ1v) is 15.9. The highest BCUT2D eigenvalue weighted by Gasteiger charge is 2.25. The smallest absolute Gasteiger partial charge is 0.263 e. The van der Waals surface area contributed by atoms with Gasteiger partial charge >= 0.3 is 0 Å². The van der Waals surface area contributed by atoms with Gasteiger partial charge in [0.15, 0.2) is 0 Å². The maximum Gasteiger partial charge on any atom is 0.263 e. The molecule has 0 unspecified atom stereocenters. The summed E-state index contributed by atoms with van der Waals surface area (Å²) in [6.45, 7) is 8.80. The summed E-state index contributed by atoms with van der Waals surface area (Å²) >= 11 is 0. The van der Waals surface area contributed by atoms with Gasteiger partial charge in [0.2, 0.25) is 0 Å². The second-order valence-corrected chi connectivity index (χ2v) is 12.6. The van der Waals surface area contributed by atoms with E-state index < -0.39 is 6.43 Å². The molecule has 0 aliphatic rings. The molecule has 0 aliphatic carbocycles. The van der Waals surface area contributed by atoms with E-state index in [0.717, 1.165) is 50.1 Å². The fraction of sp³-hybridized carbons (Fsp3) is 0.167. The van der Waals surface area contributed by atoms with Gasteiger partial charge < -0.3 is 0 Å². The van der Waals surface area contributed by atoms with Crippen LogP contribution in [0.15, 0.2) is 127 Å². The van der Waals surface area contributed by atoms with Crippen LogP contribution in [-0.2, 0) is 0 Å². The minimum atomic E-state index is -2.58. The number of hydrogen-bond acceptors (Lipinski definition) is 1. The van der Waals surface area contributed by atoms with Gasteiger partial charge in [0.05, 0.1) is 16.7 Å². The molecular weight excluding hydrogens is 570 g/mol. The summed E-state index contributed by atoms with van der Waals surface area (Å²) in [6.07, 6.45) is -2.58. The van der Waals surface area contributed by atoms with E-state index in [2.05, 4.69) is 117 Å². The number of aromatic nitrogens is 2. The first-order valence-electron chi connectivity index (χ1n) is 15.9. The summed E-state index contributed by atoms with van der Waals surface area (Å²) in [5.74, 6) is 1.07. The summed E-state index contributed by atoms with van der Waals surface area (Å²) in [5, 5.41) is 2.18. The largest absolute Gasteiger partial charge is 0.292 e. The fourth-order valence-corrected chi connectivity index (χ4v) is 6.53. The molecule has 46 heavy (non-hydrogen) atoms. The van der Waals surface area contributed by atoms with Crippen molar-refractivity contribution in [3.8, 4) is 39.3 Å². The Morgan fingerprint density at radius 2 is 1.15 bits per heavy atom. The average Bonchev–Trinajstić information content (AvgIpc) is 3.46. The standard InChI is InChI=1S/C42H36F2N2/c1-26(2)36-23-33(30-19-17-29(18-20-30)28-11-6-5-7-12-28)24-37(27(3)4)40(36)46-39-25-32(41(43)44)21-22-38(39)45-42(46)35-16-10-14-31-13-8-9-15-34(31)35/h5-27,41H,1-4H3. The first-order chi connectivity index (χ1) is 22.3. The fourth-order valence-electron chi connectivity index (χ4n) is 6.53. The van der Waals surface area contributed by atoms with Crippen LogP contribution in [0.2, 0.25) is 0 Å². The molecule has 1 heterocycles. The molecule has 0 spiro atoms. The number of nitrogens with zero attached hydrogens (tertiary/aromatic N) is 2. The van der Waals surface area contributed by atoms with Crippen molar-refractivity contribution in [2.75, 3.05) is 0 Å². The van der Waals surface area contributed by atoms with Crippen LogP contribution in [0.3, 0.4) is 0 Å². The van der Waals surface area contributed by atoms with Crippen molar-refractivity contribution in [3.05, 3.63) is 144 Å². The summed E-state index contributed by atoms with van der Waals surface area (Å²) in [4.78, 5) is 5.15. The van der Waals surface area contributed by atoms with E-state index >= 15 is 0 Å². The molecule has 6 aromatic carbocycles. The Kier molecular flexibility index (Phi) is 7.74. The van der Waals surface area contributed by atoms with E-state index in [-0.39, 0.29) is 17.4 Å². The van der Waals surface area contributed by atoms with Crippen LogP contribution in [0.5, 0.6) is 0 Å². The zero-order chi connectivity index (χ0) is 31.9. The SMILES string of the molecule is CC(C)c1cc(-c2ccc(-c3ccccc3)cc2)cc(C(C)C)c1-n1c(-c2cccc3ccccc23)nc2ccc(C(F)F)cc21. The molecule has 0 N–H and O–H groups in total. The third-order valence-corrected chi connectivity index (χ3v) is 8.92. The van der Waals surface area contributed by atoms with Gasteiger partial charge in [-0.25, -0.2) is 13.8 Å². The number of halogens is 2. The van der Waals surface area contributed by atoms with Gasteiger partial charge in [0.25, 0.3) is 6.43 Å². The normalized spacial score (nSPS) is 11.8. The summed E-state index contributed by atoms with van der Waals surface area (Å²) in [7, 11) is 0. The lowest BCUT2D eigenvalue weighted by Gasteiger charge is -2.25. The second-order valence-electron chi connectivity index (χ2n) is 12.6. The van der Waals surface area contributed by atoms with E-state index in [4.69, 9.17) is 4.98 Å². The van der Waals surface area contributed by atoms with Gasteiger partial charge in [0, 0.05) is 11.1 Å². The molecule has 4 heteroatoms. The van der Waals surface area contributed by atoms with Gasteiger partial charge in [-0.1, -0.05) is 131 Å². The first kappa shape index (κ1) is 29.6. The Morgan fingerprint density at radius 3 is 1.80 bits per heavy atom. The second kappa shape index (κ2) is 12.0. The molecule has 2 nitrogen and oxygen atoms in total. The Labute approximate surface area is 269 Å². The summed E-state index contributed by atoms with van der Waals surface area (Å²) in [6, 6.07) is 43.0. The van der Waals surface area contributed by atoms with E-state index in [9.17, 15) is 8.78 Å². The molecule has 228 valence electrons. The zero-order valence-corrected chi connectivity index (χ0v) is 26.5. The zero-order valence-electron chi connectivity index (χ0n) is 26.5. The van der Waals surface area contributed by atoms with Crippen molar-refractivity contribution >= 4 is 21.8 Å². The Hall–Kier alpha value is -5.09. The van der Waals surface area contributed by atoms with Gasteiger partial charge in [-0.15, -0.1) is 0 Å². The maximum absolute atomic E-state index is 14.1. The molecule has 7 aromatic rings. The van der Waals surface area contributed by atoms with Crippen molar-refractivity contribution in [2.45, 2.75) is 46.0 Å². The van der Waals surface area contributed by atoms with E-state index in [1.54, 1.807) is 12.1 Å². The average molecular weight is 607 g/mol. The highest BCUT2D eigenvalue weighted by Crippen LogP contribution is 2.42. The van der Waals surface area contributed by atoms with Crippen molar-refractivity contribution in [1.29, 1.82) is 0 Å². The highest BCUT2D eigenvalue weighted by atomic mass is 19.3. The van der Waals surface area contributed by atoms with E-state index in [1.165, 1.54) is 17.2 Å². The van der Waals surface area contributed by atoms with Crippen molar-refractivity contribution in [1.82, 2.24) is 9.55 Å². The van der Waals surface area contributed by atoms with Crippen LogP contribution < -0.4 is 0 Å². The Bertz CT molecular complexity index is 2140. The monoisotopic (exact) mass is 606 g/mol. The molecule has 0 atom stereocenters. The number of imidazole rings is 1. The summed E-state index contributed by atoms with van der Waals surface area (Å²) in [5.41, 5.74) is 10.3. The predicted octanol–water partition coefficient (Wildman–Crippen LogP) is 12.4. The minimum Gasteiger partial charge on any atom is -0.292 e. The van der Waals surface area contributed by atoms with E-state index in [1.807, 2.05) is 24.3 Å². The summed E-state index contributed by atoms with van der Waals surface area (Å²) < 4.78 is 30.4. The number of alkyl halides is 2. The predicted molar refractivity (Wildman–Crippen MR) is 188 cm³/mol. The van der Waals surface area contributed by atoms with Crippen LogP contribution in [0.1, 0.15) is 62.6 Å². The molecule has 0 saturated carbocycles. The Balaban J connectivity index is 1.51. The van der Waals surface area contributed by atoms with Crippen molar-refractivity contribution < 1.29 is 8.78 Å². The molecule has 0 saturated heterocycles. The third kappa shape index (κ3) is 5.28. The van der Waals surface area contributed by atoms with Crippen molar-refractivity contribution in [2.24, 2.45) is 0 Å². The quantitative estimate of drug-likeness (QED) is 0.176. The molecule has 0 radical (unpaired) electrons. The van der Waals surface area contributed by atoms with Crippen LogP contribution >= 0.6 is 0 Å². The van der Waals surface area contributed by atoms with Gasteiger partial charge in [-0.05, 0) is 80.3 Å². The van der Waals surface area contributed by atoms with Crippen LogP contribution in [0, 0.1) is 0 Å². The number of hydrogen-bond donors (Lipinski definition) is 0. The lowest BCUT2D eigenvalue weighted by atomic mass is 9.87. The molecule has 0 aliphatic heterocycles. The Morgan fingerprint density at radius 1 is 0.565 bits per heavy atom. The lowest BCUT2D eigenvalue weighted by molar-refractivity contribution is 0.151. The van der Waals surface area contributed by atoms with Crippen LogP contribution in [0.25, 0.3) is 61.1 Å². The van der Waals surface area contributed by atoms with E-state index in [0.29, 0.717) is 11.0 Å². The van der Waals surface area contributed by atoms with Gasteiger partial charge in [-0.2, -0.15) is 0 Å². The molecule has 0 amide bonds. The molecular formula is C42H36F2N2. The van der Waals surface area contributed by atoms with Crippen molar-refractivity contribution in [3.63, 3.8) is 0 Å².